The number of nitriles is 1. The summed E-state index contributed by atoms with van der Waals surface area (Å²) in [5.41, 5.74) is 12.7. The molecule has 11 heteroatoms. The smallest absolute Gasteiger partial charge is 0.300 e. The van der Waals surface area contributed by atoms with Crippen molar-refractivity contribution in [3.05, 3.63) is 71.0 Å². The van der Waals surface area contributed by atoms with Gasteiger partial charge in [0.25, 0.3) is 11.9 Å². The zero-order valence-corrected chi connectivity index (χ0v) is 19.5. The molecule has 0 atom stereocenters. The monoisotopic (exact) mass is 485 g/mol. The molecule has 0 unspecified atom stereocenters. The number of aliphatic carboxylic acids is 2. The van der Waals surface area contributed by atoms with Crippen molar-refractivity contribution in [2.24, 2.45) is 0 Å². The number of nitrogen functional groups attached to an aromatic ring is 1. The van der Waals surface area contributed by atoms with Crippen LogP contribution in [-0.2, 0) is 16.0 Å². The van der Waals surface area contributed by atoms with Crippen molar-refractivity contribution >= 4 is 51.9 Å². The van der Waals surface area contributed by atoms with Crippen LogP contribution >= 0.6 is 0 Å². The molecule has 2 aromatic heterocycles. The van der Waals surface area contributed by atoms with Gasteiger partial charge in [0.2, 0.25) is 5.95 Å². The summed E-state index contributed by atoms with van der Waals surface area (Å²) in [5, 5.41) is 35.6. The van der Waals surface area contributed by atoms with E-state index in [1.165, 1.54) is 11.1 Å². The lowest BCUT2D eigenvalue weighted by molar-refractivity contribution is -0.135. The van der Waals surface area contributed by atoms with Crippen LogP contribution in [0.25, 0.3) is 22.6 Å². The Morgan fingerprint density at radius 1 is 1.14 bits per heavy atom. The van der Waals surface area contributed by atoms with E-state index in [2.05, 4.69) is 43.7 Å². The highest BCUT2D eigenvalue weighted by Crippen LogP contribution is 2.36. The molecule has 0 spiro atoms. The van der Waals surface area contributed by atoms with Crippen molar-refractivity contribution in [3.63, 3.8) is 0 Å². The van der Waals surface area contributed by atoms with E-state index in [1.807, 2.05) is 24.3 Å². The molecule has 4 aromatic rings. The average Bonchev–Trinajstić information content (AvgIpc) is 3.44. The van der Waals surface area contributed by atoms with E-state index in [1.54, 1.807) is 18.5 Å². The van der Waals surface area contributed by atoms with Gasteiger partial charge in [-0.2, -0.15) is 15.3 Å². The number of hydrogen-bond acceptors (Lipinski definition) is 8. The molecule has 0 saturated carbocycles. The Morgan fingerprint density at radius 2 is 1.86 bits per heavy atom. The highest BCUT2D eigenvalue weighted by molar-refractivity contribution is 6.00. The third kappa shape index (κ3) is 6.64. The minimum atomic E-state index is -0.833. The first-order valence-electron chi connectivity index (χ1n) is 10.6. The fraction of sp³-hybridized carbons (Fsp3) is 0.120. The number of benzene rings is 2. The number of carboxylic acids is 2. The van der Waals surface area contributed by atoms with E-state index in [0.29, 0.717) is 11.4 Å². The second-order valence-electron chi connectivity index (χ2n) is 7.69. The second-order valence-corrected chi connectivity index (χ2v) is 7.69. The van der Waals surface area contributed by atoms with Crippen LogP contribution in [0.2, 0.25) is 0 Å². The summed E-state index contributed by atoms with van der Waals surface area (Å²) >= 11 is 0. The van der Waals surface area contributed by atoms with Crippen LogP contribution in [0.3, 0.4) is 0 Å². The number of fused-ring (bicyclic) bond motifs is 2. The predicted molar refractivity (Wildman–Crippen MR) is 135 cm³/mol. The maximum Gasteiger partial charge on any atom is 0.300 e. The van der Waals surface area contributed by atoms with Crippen LogP contribution in [0, 0.1) is 11.3 Å². The highest BCUT2D eigenvalue weighted by atomic mass is 16.4. The number of H-pyrrole nitrogens is 1. The molecule has 0 amide bonds. The fourth-order valence-corrected chi connectivity index (χ4v) is 3.55. The van der Waals surface area contributed by atoms with E-state index in [0.717, 1.165) is 48.0 Å². The summed E-state index contributed by atoms with van der Waals surface area (Å²) in [7, 11) is 0. The second kappa shape index (κ2) is 11.3. The first kappa shape index (κ1) is 25.4. The molecule has 1 aliphatic carbocycles. The number of nitrogens with one attached hydrogen (secondary N) is 2. The molecular weight excluding hydrogens is 462 g/mol. The van der Waals surface area contributed by atoms with Crippen molar-refractivity contribution in [2.75, 3.05) is 11.1 Å². The number of anilines is 3. The number of rotatable bonds is 3. The van der Waals surface area contributed by atoms with Gasteiger partial charge in [0.1, 0.15) is 5.82 Å². The fourth-order valence-electron chi connectivity index (χ4n) is 3.55. The number of carbonyl (C=O) groups is 2. The molecule has 2 heterocycles. The molecule has 0 aliphatic heterocycles. The molecule has 0 saturated heterocycles. The van der Waals surface area contributed by atoms with Crippen molar-refractivity contribution in [3.8, 4) is 6.07 Å². The summed E-state index contributed by atoms with van der Waals surface area (Å²) in [6, 6.07) is 13.9. The summed E-state index contributed by atoms with van der Waals surface area (Å²) in [6.45, 7) is 2.17. The number of hydrogen-bond donors (Lipinski definition) is 5. The van der Waals surface area contributed by atoms with E-state index >= 15 is 0 Å². The molecule has 0 fully saturated rings. The zero-order valence-electron chi connectivity index (χ0n) is 19.5. The Balaban J connectivity index is 0.000000398. The number of nitrogens with zero attached hydrogens (tertiary/aromatic N) is 4. The molecule has 6 N–H and O–H groups in total. The molecule has 0 bridgehead atoms. The first-order chi connectivity index (χ1) is 17.2. The molecule has 5 rings (SSSR count). The van der Waals surface area contributed by atoms with Gasteiger partial charge < -0.3 is 21.3 Å². The summed E-state index contributed by atoms with van der Waals surface area (Å²) < 4.78 is 0. The molecule has 11 nitrogen and oxygen atoms in total. The van der Waals surface area contributed by atoms with Crippen molar-refractivity contribution in [1.29, 1.82) is 5.26 Å². The number of aromatic amines is 1. The molecule has 36 heavy (non-hydrogen) atoms. The Bertz CT molecular complexity index is 1480. The number of allylic oxidation sites excluding steroid dienone is 1. The van der Waals surface area contributed by atoms with Gasteiger partial charge in [-0.1, -0.05) is 12.1 Å². The van der Waals surface area contributed by atoms with Crippen LogP contribution < -0.4 is 11.1 Å². The lowest BCUT2D eigenvalue weighted by Gasteiger charge is -2.10. The van der Waals surface area contributed by atoms with Gasteiger partial charge in [-0.15, -0.1) is 0 Å². The third-order valence-corrected chi connectivity index (χ3v) is 4.83. The van der Waals surface area contributed by atoms with Crippen LogP contribution in [0.4, 0.5) is 17.5 Å². The summed E-state index contributed by atoms with van der Waals surface area (Å²) in [5.74, 6) is -0.819. The van der Waals surface area contributed by atoms with Gasteiger partial charge in [0, 0.05) is 36.7 Å². The Hall–Kier alpha value is -5.24. The lowest BCUT2D eigenvalue weighted by Crippen LogP contribution is -1.99. The van der Waals surface area contributed by atoms with Crippen molar-refractivity contribution in [2.45, 2.75) is 20.3 Å². The van der Waals surface area contributed by atoms with Gasteiger partial charge in [-0.05, 0) is 53.5 Å². The van der Waals surface area contributed by atoms with Crippen LogP contribution in [0.15, 0.2) is 48.8 Å². The Morgan fingerprint density at radius 3 is 2.53 bits per heavy atom. The lowest BCUT2D eigenvalue weighted by atomic mass is 10.00. The van der Waals surface area contributed by atoms with Crippen LogP contribution in [-0.4, -0.2) is 42.3 Å². The molecule has 182 valence electrons. The third-order valence-electron chi connectivity index (χ3n) is 4.83. The van der Waals surface area contributed by atoms with Crippen molar-refractivity contribution in [1.82, 2.24) is 20.2 Å². The van der Waals surface area contributed by atoms with Gasteiger partial charge in [-0.3, -0.25) is 14.7 Å². The molecule has 0 radical (unpaired) electrons. The van der Waals surface area contributed by atoms with Gasteiger partial charge in [0.15, 0.2) is 0 Å². The van der Waals surface area contributed by atoms with E-state index in [-0.39, 0.29) is 5.95 Å². The van der Waals surface area contributed by atoms with E-state index in [4.69, 9.17) is 30.8 Å². The number of aromatic nitrogens is 4. The Labute approximate surface area is 205 Å². The topological polar surface area (TPSA) is 191 Å². The molecule has 1 aliphatic rings. The predicted octanol–water partition coefficient (Wildman–Crippen LogP) is 3.83. The van der Waals surface area contributed by atoms with Gasteiger partial charge in [-0.25, -0.2) is 4.98 Å². The zero-order chi connectivity index (χ0) is 26.2. The summed E-state index contributed by atoms with van der Waals surface area (Å²) in [4.78, 5) is 26.1. The maximum absolute atomic E-state index is 9.15. The minimum Gasteiger partial charge on any atom is -0.481 e. The number of nitrogens with two attached hydrogens (primary N) is 1. The minimum absolute atomic E-state index is 0.219. The quantitative estimate of drug-likeness (QED) is 0.285. The maximum atomic E-state index is 9.15. The van der Waals surface area contributed by atoms with Gasteiger partial charge in [0.05, 0.1) is 23.3 Å². The number of carboxylic acid groups (broad SMARTS) is 2. The molecule has 2 aromatic carbocycles. The Kier molecular flexibility index (Phi) is 7.94. The van der Waals surface area contributed by atoms with Crippen LogP contribution in [0.5, 0.6) is 0 Å². The normalized spacial score (nSPS) is 11.1. The SMILES string of the molecule is CC(=O)O.CC(=O)O.N#Cc1ccc2c(c1)C=C(c1cc(Nc3ccnc(N)n3)cc3cn[nH]c13)C2. The first-order valence-corrected chi connectivity index (χ1v) is 10.6. The van der Waals surface area contributed by atoms with Gasteiger partial charge >= 0.3 is 0 Å². The standard InChI is InChI=1S/C21H15N7.2C2H4O2/c22-10-12-1-2-13-6-15(7-14(13)5-12)18-9-17(8-16-11-25-28-20(16)18)26-19-3-4-24-21(23)27-19;2*1-2(3)4/h1-5,7-9,11H,6H2,(H,25,28)(H3,23,24,26,27);2*1H3,(H,3,4). The highest BCUT2D eigenvalue weighted by Gasteiger charge is 2.18. The van der Waals surface area contributed by atoms with Crippen molar-refractivity contribution < 1.29 is 19.8 Å². The average molecular weight is 486 g/mol. The van der Waals surface area contributed by atoms with E-state index < -0.39 is 11.9 Å². The van der Waals surface area contributed by atoms with Crippen LogP contribution in [0.1, 0.15) is 36.1 Å². The molecular formula is C25H23N7O4. The van der Waals surface area contributed by atoms with E-state index in [9.17, 15) is 0 Å². The largest absolute Gasteiger partial charge is 0.481 e. The summed E-state index contributed by atoms with van der Waals surface area (Å²) in [6.07, 6.45) is 6.36.